The third-order valence-electron chi connectivity index (χ3n) is 1.47. The zero-order chi connectivity index (χ0) is 10.6. The van der Waals surface area contributed by atoms with Crippen molar-refractivity contribution in [1.29, 1.82) is 0 Å². The van der Waals surface area contributed by atoms with Crippen LogP contribution in [0.2, 0.25) is 0 Å². The molecular weight excluding hydrogens is 198 g/mol. The number of hydrogen-bond acceptors (Lipinski definition) is 4. The summed E-state index contributed by atoms with van der Waals surface area (Å²) < 4.78 is 4.59. The van der Waals surface area contributed by atoms with Crippen LogP contribution >= 0.6 is 11.8 Å². The van der Waals surface area contributed by atoms with E-state index >= 15 is 0 Å². The molecule has 0 aliphatic carbocycles. The Bertz CT molecular complexity index is 326. The Hall–Kier alpha value is -1.03. The smallest absolute Gasteiger partial charge is 0.356 e. The van der Waals surface area contributed by atoms with E-state index in [1.54, 1.807) is 17.8 Å². The summed E-state index contributed by atoms with van der Waals surface area (Å²) in [4.78, 5) is 15.3. The average Bonchev–Trinajstić information content (AvgIpc) is 2.16. The van der Waals surface area contributed by atoms with Crippen molar-refractivity contribution in [3.63, 3.8) is 0 Å². The van der Waals surface area contributed by atoms with E-state index in [1.165, 1.54) is 7.11 Å². The van der Waals surface area contributed by atoms with Crippen LogP contribution in [0.5, 0.6) is 0 Å². The Morgan fingerprint density at radius 1 is 1.50 bits per heavy atom. The predicted octanol–water partition coefficient (Wildman–Crippen LogP) is 2.37. The number of esters is 1. The Morgan fingerprint density at radius 2 is 2.21 bits per heavy atom. The van der Waals surface area contributed by atoms with E-state index in [0.717, 1.165) is 5.03 Å². The third-order valence-corrected chi connectivity index (χ3v) is 2.41. The fourth-order valence-corrected chi connectivity index (χ4v) is 1.73. The summed E-state index contributed by atoms with van der Waals surface area (Å²) in [5, 5.41) is 1.30. The maximum Gasteiger partial charge on any atom is 0.356 e. The topological polar surface area (TPSA) is 39.2 Å². The minimum atomic E-state index is -0.392. The van der Waals surface area contributed by atoms with Gasteiger partial charge in [-0.3, -0.25) is 0 Å². The van der Waals surface area contributed by atoms with Gasteiger partial charge in [0, 0.05) is 5.25 Å². The molecule has 0 amide bonds. The highest BCUT2D eigenvalue weighted by Gasteiger charge is 2.08. The highest BCUT2D eigenvalue weighted by Crippen LogP contribution is 2.20. The van der Waals surface area contributed by atoms with Gasteiger partial charge in [-0.25, -0.2) is 9.78 Å². The summed E-state index contributed by atoms with van der Waals surface area (Å²) in [6.45, 7) is 4.16. The summed E-state index contributed by atoms with van der Waals surface area (Å²) in [5.74, 6) is -0.392. The van der Waals surface area contributed by atoms with Gasteiger partial charge in [0.2, 0.25) is 0 Å². The van der Waals surface area contributed by atoms with Gasteiger partial charge in [-0.2, -0.15) is 0 Å². The minimum absolute atomic E-state index is 0.359. The summed E-state index contributed by atoms with van der Waals surface area (Å²) in [6.07, 6.45) is 0. The van der Waals surface area contributed by atoms with Crippen molar-refractivity contribution in [2.24, 2.45) is 0 Å². The van der Waals surface area contributed by atoms with Crippen molar-refractivity contribution < 1.29 is 9.53 Å². The molecule has 0 aromatic carbocycles. The molecule has 0 atom stereocenters. The molecule has 76 valence electrons. The first kappa shape index (κ1) is 11.0. The molecule has 0 bridgehead atoms. The summed E-state index contributed by atoms with van der Waals surface area (Å²) in [6, 6.07) is 5.34. The number of methoxy groups -OCH3 is 1. The largest absolute Gasteiger partial charge is 0.464 e. The second-order valence-corrected chi connectivity index (χ2v) is 4.62. The van der Waals surface area contributed by atoms with Gasteiger partial charge in [-0.1, -0.05) is 19.9 Å². The minimum Gasteiger partial charge on any atom is -0.464 e. The third kappa shape index (κ3) is 3.03. The van der Waals surface area contributed by atoms with Crippen molar-refractivity contribution in [3.05, 3.63) is 23.9 Å². The first-order valence-corrected chi connectivity index (χ1v) is 5.23. The molecule has 1 rings (SSSR count). The maximum absolute atomic E-state index is 11.2. The number of nitrogens with zero attached hydrogens (tertiary/aromatic N) is 1. The van der Waals surface area contributed by atoms with Gasteiger partial charge in [-0.15, -0.1) is 11.8 Å². The number of hydrogen-bond donors (Lipinski definition) is 0. The molecule has 14 heavy (non-hydrogen) atoms. The molecule has 1 aromatic heterocycles. The number of carbonyl (C=O) groups is 1. The fraction of sp³-hybridized carbons (Fsp3) is 0.400. The average molecular weight is 211 g/mol. The lowest BCUT2D eigenvalue weighted by atomic mass is 10.4. The normalized spacial score (nSPS) is 10.3. The number of thioether (sulfide) groups is 1. The lowest BCUT2D eigenvalue weighted by Gasteiger charge is -2.04. The molecule has 0 unspecified atom stereocenters. The first-order chi connectivity index (χ1) is 6.63. The monoisotopic (exact) mass is 211 g/mol. The molecule has 4 heteroatoms. The quantitative estimate of drug-likeness (QED) is 0.568. The fourth-order valence-electron chi connectivity index (χ4n) is 0.940. The molecule has 0 saturated carbocycles. The highest BCUT2D eigenvalue weighted by atomic mass is 32.2. The van der Waals surface area contributed by atoms with Crippen LogP contribution < -0.4 is 0 Å². The van der Waals surface area contributed by atoms with Crippen LogP contribution in [-0.2, 0) is 4.74 Å². The van der Waals surface area contributed by atoms with Crippen LogP contribution in [0.25, 0.3) is 0 Å². The van der Waals surface area contributed by atoms with Crippen LogP contribution in [0.3, 0.4) is 0 Å². The summed E-state index contributed by atoms with van der Waals surface area (Å²) >= 11 is 1.62. The number of aromatic nitrogens is 1. The molecule has 0 radical (unpaired) electrons. The number of ether oxygens (including phenoxy) is 1. The highest BCUT2D eigenvalue weighted by molar-refractivity contribution is 7.99. The molecule has 0 N–H and O–H groups in total. The Labute approximate surface area is 87.9 Å². The molecule has 1 aromatic rings. The molecule has 0 fully saturated rings. The van der Waals surface area contributed by atoms with E-state index < -0.39 is 5.97 Å². The standard InChI is InChI=1S/C10H13NO2S/c1-7(2)14-9-6-4-5-8(11-9)10(12)13-3/h4-7H,1-3H3. The molecule has 3 nitrogen and oxygen atoms in total. The van der Waals surface area contributed by atoms with E-state index in [0.29, 0.717) is 10.9 Å². The SMILES string of the molecule is COC(=O)c1cccc(SC(C)C)n1. The Morgan fingerprint density at radius 3 is 2.79 bits per heavy atom. The van der Waals surface area contributed by atoms with Gasteiger partial charge in [0.05, 0.1) is 12.1 Å². The van der Waals surface area contributed by atoms with E-state index in [-0.39, 0.29) is 0 Å². The molecule has 0 aliphatic heterocycles. The van der Waals surface area contributed by atoms with Crippen LogP contribution in [0.4, 0.5) is 0 Å². The van der Waals surface area contributed by atoms with Gasteiger partial charge in [0.25, 0.3) is 0 Å². The lowest BCUT2D eigenvalue weighted by Crippen LogP contribution is -2.04. The van der Waals surface area contributed by atoms with Crippen molar-refractivity contribution in [3.8, 4) is 0 Å². The van der Waals surface area contributed by atoms with Crippen molar-refractivity contribution in [2.45, 2.75) is 24.1 Å². The van der Waals surface area contributed by atoms with Crippen LogP contribution in [-0.4, -0.2) is 23.3 Å². The van der Waals surface area contributed by atoms with Crippen LogP contribution in [0.15, 0.2) is 23.2 Å². The van der Waals surface area contributed by atoms with Gasteiger partial charge in [-0.05, 0) is 12.1 Å². The maximum atomic E-state index is 11.2. The van der Waals surface area contributed by atoms with E-state index in [9.17, 15) is 4.79 Å². The second-order valence-electron chi connectivity index (χ2n) is 3.02. The zero-order valence-electron chi connectivity index (χ0n) is 8.48. The van der Waals surface area contributed by atoms with Crippen LogP contribution in [0, 0.1) is 0 Å². The van der Waals surface area contributed by atoms with E-state index in [2.05, 4.69) is 23.6 Å². The summed E-state index contributed by atoms with van der Waals surface area (Å²) in [7, 11) is 1.35. The van der Waals surface area contributed by atoms with Gasteiger partial charge in [0.1, 0.15) is 5.69 Å². The van der Waals surface area contributed by atoms with Crippen LogP contribution in [0.1, 0.15) is 24.3 Å². The van der Waals surface area contributed by atoms with E-state index in [4.69, 9.17) is 0 Å². The lowest BCUT2D eigenvalue weighted by molar-refractivity contribution is 0.0593. The molecule has 0 aliphatic rings. The van der Waals surface area contributed by atoms with Gasteiger partial charge < -0.3 is 4.74 Å². The number of carbonyl (C=O) groups excluding carboxylic acids is 1. The molecular formula is C10H13NO2S. The van der Waals surface area contributed by atoms with Gasteiger partial charge in [0.15, 0.2) is 0 Å². The second kappa shape index (κ2) is 5.00. The molecule has 1 heterocycles. The van der Waals surface area contributed by atoms with E-state index in [1.807, 2.05) is 12.1 Å². The van der Waals surface area contributed by atoms with Crippen molar-refractivity contribution >= 4 is 17.7 Å². The zero-order valence-corrected chi connectivity index (χ0v) is 9.30. The molecule has 0 spiro atoms. The molecule has 0 saturated heterocycles. The Balaban J connectivity index is 2.84. The van der Waals surface area contributed by atoms with Gasteiger partial charge >= 0.3 is 5.97 Å². The summed E-state index contributed by atoms with van der Waals surface area (Å²) in [5.41, 5.74) is 0.359. The number of pyridine rings is 1. The predicted molar refractivity (Wildman–Crippen MR) is 56.6 cm³/mol. The van der Waals surface area contributed by atoms with Crippen molar-refractivity contribution in [1.82, 2.24) is 4.98 Å². The number of rotatable bonds is 3. The Kier molecular flexibility index (Phi) is 3.95. The first-order valence-electron chi connectivity index (χ1n) is 4.35. The van der Waals surface area contributed by atoms with Crippen molar-refractivity contribution in [2.75, 3.05) is 7.11 Å².